The van der Waals surface area contributed by atoms with E-state index in [-0.39, 0.29) is 19.0 Å². The molecule has 0 fully saturated rings. The van der Waals surface area contributed by atoms with E-state index >= 15 is 0 Å². The van der Waals surface area contributed by atoms with Gasteiger partial charge in [-0.15, -0.1) is 0 Å². The minimum atomic E-state index is 0.0622. The van der Waals surface area contributed by atoms with Crippen LogP contribution < -0.4 is 5.73 Å². The van der Waals surface area contributed by atoms with Gasteiger partial charge in [0.2, 0.25) is 0 Å². The van der Waals surface area contributed by atoms with Crippen molar-refractivity contribution in [3.8, 4) is 0 Å². The molecule has 0 saturated heterocycles. The molecule has 5 N–H and O–H groups in total. The summed E-state index contributed by atoms with van der Waals surface area (Å²) in [6.07, 6.45) is 0. The van der Waals surface area contributed by atoms with Crippen LogP contribution in [0.2, 0.25) is 0 Å². The average molecular weight is 251 g/mol. The first-order valence-corrected chi connectivity index (χ1v) is 5.96. The van der Waals surface area contributed by atoms with E-state index < -0.39 is 0 Å². The van der Waals surface area contributed by atoms with Gasteiger partial charge < -0.3 is 15.9 Å². The van der Waals surface area contributed by atoms with Crippen molar-refractivity contribution in [1.29, 1.82) is 5.41 Å². The smallest absolute Gasteiger partial charge is 0.122 e. The van der Waals surface area contributed by atoms with Gasteiger partial charge in [-0.1, -0.05) is 12.1 Å². The zero-order valence-corrected chi connectivity index (χ0v) is 10.7. The van der Waals surface area contributed by atoms with Gasteiger partial charge in [0.05, 0.1) is 13.2 Å². The lowest BCUT2D eigenvalue weighted by Gasteiger charge is -2.21. The average Bonchev–Trinajstić information content (AvgIpc) is 2.32. The van der Waals surface area contributed by atoms with Crippen molar-refractivity contribution in [3.63, 3.8) is 0 Å². The maximum absolute atomic E-state index is 8.96. The number of nitrogens with one attached hydrogen (secondary N) is 1. The molecule has 0 radical (unpaired) electrons. The number of aryl methyl sites for hydroxylation is 1. The SMILES string of the molecule is Cc1cc(C(=N)N)ccc1CN(CCO)CCO. The Morgan fingerprint density at radius 1 is 1.28 bits per heavy atom. The minimum Gasteiger partial charge on any atom is -0.395 e. The van der Waals surface area contributed by atoms with Gasteiger partial charge in [0.1, 0.15) is 5.84 Å². The molecule has 5 nitrogen and oxygen atoms in total. The molecule has 0 aliphatic rings. The molecule has 0 unspecified atom stereocenters. The summed E-state index contributed by atoms with van der Waals surface area (Å²) in [5.41, 5.74) is 8.32. The standard InChI is InChI=1S/C13H21N3O2/c1-10-8-11(13(14)15)2-3-12(10)9-16(4-6-17)5-7-18/h2-3,8,17-18H,4-7,9H2,1H3,(H3,14,15). The Morgan fingerprint density at radius 2 is 1.89 bits per heavy atom. The molecule has 5 heteroatoms. The molecule has 0 amide bonds. The Labute approximate surface area is 107 Å². The Kier molecular flexibility index (Phi) is 5.77. The van der Waals surface area contributed by atoms with Crippen LogP contribution in [0.15, 0.2) is 18.2 Å². The summed E-state index contributed by atoms with van der Waals surface area (Å²) in [6, 6.07) is 5.64. The third-order valence-electron chi connectivity index (χ3n) is 2.88. The molecule has 0 bridgehead atoms. The summed E-state index contributed by atoms with van der Waals surface area (Å²) in [4.78, 5) is 1.98. The number of aliphatic hydroxyl groups excluding tert-OH is 2. The monoisotopic (exact) mass is 251 g/mol. The van der Waals surface area contributed by atoms with Gasteiger partial charge in [-0.25, -0.2) is 0 Å². The highest BCUT2D eigenvalue weighted by Gasteiger charge is 2.08. The second-order valence-corrected chi connectivity index (χ2v) is 4.28. The van der Waals surface area contributed by atoms with Gasteiger partial charge in [-0.2, -0.15) is 0 Å². The highest BCUT2D eigenvalue weighted by molar-refractivity contribution is 5.95. The Hall–Kier alpha value is -1.43. The van der Waals surface area contributed by atoms with Crippen LogP contribution in [0, 0.1) is 12.3 Å². The van der Waals surface area contributed by atoms with Crippen molar-refractivity contribution in [2.24, 2.45) is 5.73 Å². The van der Waals surface area contributed by atoms with Crippen molar-refractivity contribution in [3.05, 3.63) is 34.9 Å². The third kappa shape index (κ3) is 4.10. The molecule has 0 atom stereocenters. The third-order valence-corrected chi connectivity index (χ3v) is 2.88. The van der Waals surface area contributed by atoms with Gasteiger partial charge in [0.15, 0.2) is 0 Å². The normalized spacial score (nSPS) is 10.9. The van der Waals surface area contributed by atoms with Gasteiger partial charge >= 0.3 is 0 Å². The summed E-state index contributed by atoms with van der Waals surface area (Å²) in [5, 5.41) is 25.3. The number of hydrogen-bond donors (Lipinski definition) is 4. The molecular weight excluding hydrogens is 230 g/mol. The van der Waals surface area contributed by atoms with Gasteiger partial charge in [-0.05, 0) is 24.1 Å². The lowest BCUT2D eigenvalue weighted by molar-refractivity contribution is 0.155. The first-order valence-electron chi connectivity index (χ1n) is 5.96. The molecule has 1 aromatic carbocycles. The molecule has 0 aliphatic heterocycles. The van der Waals surface area contributed by atoms with E-state index in [0.29, 0.717) is 25.2 Å². The summed E-state index contributed by atoms with van der Waals surface area (Å²) < 4.78 is 0. The van der Waals surface area contributed by atoms with Crippen LogP contribution in [0.1, 0.15) is 16.7 Å². The maximum atomic E-state index is 8.96. The number of hydrogen-bond acceptors (Lipinski definition) is 4. The van der Waals surface area contributed by atoms with E-state index in [1.165, 1.54) is 0 Å². The first-order chi connectivity index (χ1) is 8.58. The second kappa shape index (κ2) is 7.10. The largest absolute Gasteiger partial charge is 0.395 e. The van der Waals surface area contributed by atoms with Crippen molar-refractivity contribution in [1.82, 2.24) is 4.90 Å². The van der Waals surface area contributed by atoms with Crippen LogP contribution in [0.3, 0.4) is 0 Å². The van der Waals surface area contributed by atoms with Crippen LogP contribution >= 0.6 is 0 Å². The van der Waals surface area contributed by atoms with Crippen molar-refractivity contribution >= 4 is 5.84 Å². The number of nitrogen functional groups attached to an aromatic ring is 1. The molecule has 0 aromatic heterocycles. The lowest BCUT2D eigenvalue weighted by Crippen LogP contribution is -2.29. The van der Waals surface area contributed by atoms with E-state index in [4.69, 9.17) is 21.4 Å². The van der Waals surface area contributed by atoms with Crippen molar-refractivity contribution < 1.29 is 10.2 Å². The van der Waals surface area contributed by atoms with E-state index in [1.54, 1.807) is 0 Å². The molecule has 0 saturated carbocycles. The van der Waals surface area contributed by atoms with E-state index in [9.17, 15) is 0 Å². The van der Waals surface area contributed by atoms with Crippen LogP contribution in [-0.2, 0) is 6.54 Å². The van der Waals surface area contributed by atoms with E-state index in [2.05, 4.69) is 0 Å². The van der Waals surface area contributed by atoms with Crippen molar-refractivity contribution in [2.45, 2.75) is 13.5 Å². The number of rotatable bonds is 7. The molecule has 18 heavy (non-hydrogen) atoms. The van der Waals surface area contributed by atoms with Crippen LogP contribution in [-0.4, -0.2) is 47.3 Å². The summed E-state index contributed by atoms with van der Waals surface area (Å²) in [5.74, 6) is 0.0622. The fourth-order valence-electron chi connectivity index (χ4n) is 1.83. The zero-order chi connectivity index (χ0) is 13.5. The van der Waals surface area contributed by atoms with E-state index in [1.807, 2.05) is 30.0 Å². The minimum absolute atomic E-state index is 0.0622. The van der Waals surface area contributed by atoms with Gasteiger partial charge in [-0.3, -0.25) is 10.3 Å². The van der Waals surface area contributed by atoms with Crippen LogP contribution in [0.4, 0.5) is 0 Å². The van der Waals surface area contributed by atoms with Crippen LogP contribution in [0.5, 0.6) is 0 Å². The Balaban J connectivity index is 2.79. The summed E-state index contributed by atoms with van der Waals surface area (Å²) in [7, 11) is 0. The Morgan fingerprint density at radius 3 is 2.33 bits per heavy atom. The predicted molar refractivity (Wildman–Crippen MR) is 71.6 cm³/mol. The van der Waals surface area contributed by atoms with Gasteiger partial charge in [0, 0.05) is 25.2 Å². The number of aliphatic hydroxyl groups is 2. The molecule has 0 heterocycles. The molecule has 0 spiro atoms. The van der Waals surface area contributed by atoms with E-state index in [0.717, 1.165) is 11.1 Å². The number of benzene rings is 1. The number of nitrogens with zero attached hydrogens (tertiary/aromatic N) is 1. The molecular formula is C13H21N3O2. The molecule has 1 aromatic rings. The highest BCUT2D eigenvalue weighted by atomic mass is 16.3. The zero-order valence-electron chi connectivity index (χ0n) is 10.7. The maximum Gasteiger partial charge on any atom is 0.122 e. The molecule has 1 rings (SSSR count). The highest BCUT2D eigenvalue weighted by Crippen LogP contribution is 2.13. The summed E-state index contributed by atoms with van der Waals surface area (Å²) in [6.45, 7) is 3.86. The predicted octanol–water partition coefficient (Wildman–Crippen LogP) is 0.0657. The first kappa shape index (κ1) is 14.6. The second-order valence-electron chi connectivity index (χ2n) is 4.28. The lowest BCUT2D eigenvalue weighted by atomic mass is 10.0. The topological polar surface area (TPSA) is 93.6 Å². The number of nitrogens with two attached hydrogens (primary N) is 1. The molecule has 100 valence electrons. The van der Waals surface area contributed by atoms with Crippen LogP contribution in [0.25, 0.3) is 0 Å². The molecule has 0 aliphatic carbocycles. The Bertz CT molecular complexity index is 401. The fourth-order valence-corrected chi connectivity index (χ4v) is 1.83. The van der Waals surface area contributed by atoms with Crippen molar-refractivity contribution in [2.75, 3.05) is 26.3 Å². The van der Waals surface area contributed by atoms with Gasteiger partial charge in [0.25, 0.3) is 0 Å². The fraction of sp³-hybridized carbons (Fsp3) is 0.462. The number of amidine groups is 1. The summed E-state index contributed by atoms with van der Waals surface area (Å²) >= 11 is 0. The quantitative estimate of drug-likeness (QED) is 0.407.